The van der Waals surface area contributed by atoms with Crippen molar-refractivity contribution in [1.29, 1.82) is 0 Å². The largest absolute Gasteiger partial charge is 0.337 e. The molecule has 0 saturated carbocycles. The van der Waals surface area contributed by atoms with Gasteiger partial charge >= 0.3 is 6.03 Å². The number of amides is 2. The fraction of sp³-hybridized carbons (Fsp3) is 0.417. The van der Waals surface area contributed by atoms with Crippen LogP contribution in [0.2, 0.25) is 0 Å². The molecule has 0 aliphatic carbocycles. The molecule has 0 atom stereocenters. The van der Waals surface area contributed by atoms with Crippen LogP contribution in [-0.4, -0.2) is 18.5 Å². The van der Waals surface area contributed by atoms with E-state index < -0.39 is 0 Å². The van der Waals surface area contributed by atoms with E-state index in [0.717, 1.165) is 5.69 Å². The first-order valence-corrected chi connectivity index (χ1v) is 5.87. The van der Waals surface area contributed by atoms with Gasteiger partial charge in [-0.05, 0) is 23.6 Å². The van der Waals surface area contributed by atoms with Crippen molar-refractivity contribution >= 4 is 23.3 Å². The molecule has 1 aromatic rings. The summed E-state index contributed by atoms with van der Waals surface area (Å²) in [4.78, 5) is 11.4. The maximum absolute atomic E-state index is 11.4. The summed E-state index contributed by atoms with van der Waals surface area (Å²) in [6.45, 7) is 4.70. The highest BCUT2D eigenvalue weighted by atomic mass is 35.5. The van der Waals surface area contributed by atoms with E-state index in [2.05, 4.69) is 24.5 Å². The number of alkyl halides is 1. The number of carbonyl (C=O) groups is 1. The van der Waals surface area contributed by atoms with Crippen molar-refractivity contribution < 1.29 is 4.79 Å². The fourth-order valence-corrected chi connectivity index (χ4v) is 1.41. The van der Waals surface area contributed by atoms with E-state index in [1.807, 2.05) is 24.3 Å². The first kappa shape index (κ1) is 12.8. The maximum atomic E-state index is 11.4. The van der Waals surface area contributed by atoms with Gasteiger partial charge in [0.1, 0.15) is 0 Å². The molecule has 0 fully saturated rings. The van der Waals surface area contributed by atoms with Crippen LogP contribution in [-0.2, 0) is 0 Å². The molecule has 4 heteroatoms. The number of nitrogens with one attached hydrogen (secondary N) is 2. The predicted molar refractivity (Wildman–Crippen MR) is 68.3 cm³/mol. The Balaban J connectivity index is 2.59. The van der Waals surface area contributed by atoms with Gasteiger partial charge in [-0.2, -0.15) is 0 Å². The Labute approximate surface area is 101 Å². The molecule has 0 heterocycles. The predicted octanol–water partition coefficient (Wildman–Crippen LogP) is 3.17. The second-order valence-corrected chi connectivity index (χ2v) is 4.23. The van der Waals surface area contributed by atoms with E-state index in [1.165, 1.54) is 5.56 Å². The van der Waals surface area contributed by atoms with Crippen LogP contribution < -0.4 is 10.6 Å². The molecule has 0 aliphatic heterocycles. The molecule has 88 valence electrons. The average Bonchev–Trinajstić information content (AvgIpc) is 2.26. The molecule has 0 spiro atoms. The lowest BCUT2D eigenvalue weighted by Crippen LogP contribution is -2.30. The third kappa shape index (κ3) is 4.11. The molecule has 1 aromatic carbocycles. The van der Waals surface area contributed by atoms with Crippen molar-refractivity contribution in [3.05, 3.63) is 29.8 Å². The highest BCUT2D eigenvalue weighted by molar-refractivity contribution is 6.18. The Hall–Kier alpha value is -1.22. The zero-order chi connectivity index (χ0) is 12.0. The van der Waals surface area contributed by atoms with Gasteiger partial charge in [0, 0.05) is 18.1 Å². The monoisotopic (exact) mass is 240 g/mol. The quantitative estimate of drug-likeness (QED) is 0.780. The van der Waals surface area contributed by atoms with Gasteiger partial charge in [-0.3, -0.25) is 0 Å². The summed E-state index contributed by atoms with van der Waals surface area (Å²) >= 11 is 5.47. The average molecular weight is 241 g/mol. The van der Waals surface area contributed by atoms with Crippen molar-refractivity contribution in [3.63, 3.8) is 0 Å². The molecule has 16 heavy (non-hydrogen) atoms. The van der Waals surface area contributed by atoms with Crippen molar-refractivity contribution in [2.75, 3.05) is 17.7 Å². The molecule has 1 rings (SSSR count). The van der Waals surface area contributed by atoms with Crippen molar-refractivity contribution in [1.82, 2.24) is 5.32 Å². The lowest BCUT2D eigenvalue weighted by atomic mass is 10.0. The van der Waals surface area contributed by atoms with Gasteiger partial charge in [-0.15, -0.1) is 11.6 Å². The Kier molecular flexibility index (Phi) is 5.12. The van der Waals surface area contributed by atoms with E-state index in [4.69, 9.17) is 11.6 Å². The van der Waals surface area contributed by atoms with Crippen LogP contribution in [0.3, 0.4) is 0 Å². The SMILES string of the molecule is CC(C)c1cccc(NC(=O)NCCCl)c1. The number of anilines is 1. The molecule has 0 aliphatic rings. The Morgan fingerprint density at radius 3 is 2.81 bits per heavy atom. The Morgan fingerprint density at radius 2 is 2.19 bits per heavy atom. The molecule has 0 unspecified atom stereocenters. The minimum absolute atomic E-state index is 0.221. The molecule has 3 nitrogen and oxygen atoms in total. The van der Waals surface area contributed by atoms with Crippen LogP contribution in [0.4, 0.5) is 10.5 Å². The standard InChI is InChI=1S/C12H17ClN2O/c1-9(2)10-4-3-5-11(8-10)15-12(16)14-7-6-13/h3-5,8-9H,6-7H2,1-2H3,(H2,14,15,16). The zero-order valence-corrected chi connectivity index (χ0v) is 10.3. The van der Waals surface area contributed by atoms with E-state index in [0.29, 0.717) is 18.3 Å². The molecule has 0 aromatic heterocycles. The number of rotatable bonds is 4. The summed E-state index contributed by atoms with van der Waals surface area (Å²) in [6.07, 6.45) is 0. The molecule has 0 radical (unpaired) electrons. The number of halogens is 1. The molecule has 2 N–H and O–H groups in total. The number of urea groups is 1. The minimum Gasteiger partial charge on any atom is -0.337 e. The van der Waals surface area contributed by atoms with E-state index in [-0.39, 0.29) is 6.03 Å². The lowest BCUT2D eigenvalue weighted by molar-refractivity contribution is 0.252. The van der Waals surface area contributed by atoms with Gasteiger partial charge in [0.05, 0.1) is 0 Å². The summed E-state index contributed by atoms with van der Waals surface area (Å²) in [5.74, 6) is 0.868. The van der Waals surface area contributed by atoms with Gasteiger partial charge < -0.3 is 10.6 Å². The summed E-state index contributed by atoms with van der Waals surface area (Å²) in [5, 5.41) is 5.41. The molecule has 2 amide bonds. The van der Waals surface area contributed by atoms with E-state index >= 15 is 0 Å². The Bertz CT molecular complexity index is 353. The maximum Gasteiger partial charge on any atom is 0.319 e. The first-order valence-electron chi connectivity index (χ1n) is 5.34. The number of hydrogen-bond donors (Lipinski definition) is 2. The summed E-state index contributed by atoms with van der Waals surface area (Å²) in [5.41, 5.74) is 2.01. The first-order chi connectivity index (χ1) is 7.63. The zero-order valence-electron chi connectivity index (χ0n) is 9.59. The highest BCUT2D eigenvalue weighted by Crippen LogP contribution is 2.18. The second kappa shape index (κ2) is 6.38. The van der Waals surface area contributed by atoms with Gasteiger partial charge in [-0.25, -0.2) is 4.79 Å². The van der Waals surface area contributed by atoms with Gasteiger partial charge in [0.25, 0.3) is 0 Å². The number of benzene rings is 1. The Morgan fingerprint density at radius 1 is 1.44 bits per heavy atom. The van der Waals surface area contributed by atoms with E-state index in [9.17, 15) is 4.79 Å². The highest BCUT2D eigenvalue weighted by Gasteiger charge is 2.03. The molecule has 0 saturated heterocycles. The normalized spacial score (nSPS) is 10.2. The van der Waals surface area contributed by atoms with E-state index in [1.54, 1.807) is 0 Å². The molecular weight excluding hydrogens is 224 g/mol. The van der Waals surface area contributed by atoms with Crippen molar-refractivity contribution in [2.24, 2.45) is 0 Å². The number of hydrogen-bond acceptors (Lipinski definition) is 1. The third-order valence-electron chi connectivity index (χ3n) is 2.19. The summed E-state index contributed by atoms with van der Waals surface area (Å²) in [6, 6.07) is 7.61. The van der Waals surface area contributed by atoms with Crippen LogP contribution in [0.25, 0.3) is 0 Å². The van der Waals surface area contributed by atoms with Crippen molar-refractivity contribution in [2.45, 2.75) is 19.8 Å². The molecular formula is C12H17ClN2O. The second-order valence-electron chi connectivity index (χ2n) is 3.85. The lowest BCUT2D eigenvalue weighted by Gasteiger charge is -2.09. The van der Waals surface area contributed by atoms with Crippen LogP contribution in [0, 0.1) is 0 Å². The summed E-state index contributed by atoms with van der Waals surface area (Å²) < 4.78 is 0. The van der Waals surface area contributed by atoms with Crippen LogP contribution >= 0.6 is 11.6 Å². The van der Waals surface area contributed by atoms with Crippen molar-refractivity contribution in [3.8, 4) is 0 Å². The summed E-state index contributed by atoms with van der Waals surface area (Å²) in [7, 11) is 0. The fourth-order valence-electron chi connectivity index (χ4n) is 1.31. The third-order valence-corrected chi connectivity index (χ3v) is 2.38. The smallest absolute Gasteiger partial charge is 0.319 e. The number of carbonyl (C=O) groups excluding carboxylic acids is 1. The molecule has 0 bridgehead atoms. The van der Waals surface area contributed by atoms with Gasteiger partial charge in [0.15, 0.2) is 0 Å². The van der Waals surface area contributed by atoms with Crippen LogP contribution in [0.15, 0.2) is 24.3 Å². The van der Waals surface area contributed by atoms with Crippen LogP contribution in [0.5, 0.6) is 0 Å². The van der Waals surface area contributed by atoms with Gasteiger partial charge in [-0.1, -0.05) is 26.0 Å². The van der Waals surface area contributed by atoms with Crippen LogP contribution in [0.1, 0.15) is 25.3 Å². The topological polar surface area (TPSA) is 41.1 Å². The minimum atomic E-state index is -0.221. The van der Waals surface area contributed by atoms with Gasteiger partial charge in [0.2, 0.25) is 0 Å².